The van der Waals surface area contributed by atoms with E-state index in [0.29, 0.717) is 6.54 Å². The van der Waals surface area contributed by atoms with Crippen LogP contribution in [0.25, 0.3) is 0 Å². The molecule has 10 heteroatoms. The molecule has 0 saturated carbocycles. The van der Waals surface area contributed by atoms with Gasteiger partial charge >= 0.3 is 5.69 Å². The molecule has 0 unspecified atom stereocenters. The van der Waals surface area contributed by atoms with Crippen LogP contribution in [0, 0.1) is 0 Å². The van der Waals surface area contributed by atoms with Gasteiger partial charge in [-0.2, -0.15) is 4.31 Å². The molecule has 1 N–H and O–H groups in total. The summed E-state index contributed by atoms with van der Waals surface area (Å²) >= 11 is 0. The van der Waals surface area contributed by atoms with Crippen LogP contribution < -0.4 is 16.6 Å². The van der Waals surface area contributed by atoms with Crippen molar-refractivity contribution in [2.75, 3.05) is 27.2 Å². The largest absolute Gasteiger partial charge is 0.330 e. The van der Waals surface area contributed by atoms with E-state index in [1.807, 2.05) is 0 Å². The van der Waals surface area contributed by atoms with Crippen LogP contribution >= 0.6 is 12.4 Å². The van der Waals surface area contributed by atoms with E-state index in [4.69, 9.17) is 0 Å². The number of sulfonamides is 1. The average Bonchev–Trinajstić information content (AvgIpc) is 2.37. The normalized spacial score (nSPS) is 11.4. The average molecular weight is 327 g/mol. The predicted molar refractivity (Wildman–Crippen MR) is 77.9 cm³/mol. The Hall–Kier alpha value is -1.16. The molecule has 20 heavy (non-hydrogen) atoms. The van der Waals surface area contributed by atoms with Crippen LogP contribution in [0.3, 0.4) is 0 Å². The van der Waals surface area contributed by atoms with Gasteiger partial charge in [0, 0.05) is 40.4 Å². The van der Waals surface area contributed by atoms with Gasteiger partial charge < -0.3 is 9.88 Å². The van der Waals surface area contributed by atoms with Crippen LogP contribution in [0.1, 0.15) is 0 Å². The summed E-state index contributed by atoms with van der Waals surface area (Å²) in [5.41, 5.74) is -1.39. The highest BCUT2D eigenvalue weighted by molar-refractivity contribution is 7.89. The van der Waals surface area contributed by atoms with Gasteiger partial charge in [-0.05, 0) is 7.05 Å². The molecule has 116 valence electrons. The molecular formula is C10H19ClN4O4S. The topological polar surface area (TPSA) is 93.4 Å². The summed E-state index contributed by atoms with van der Waals surface area (Å²) in [6.45, 7) is 0.687. The highest BCUT2D eigenvalue weighted by atomic mass is 35.5. The standard InChI is InChI=1S/C10H18N4O4S.ClH/c1-11-5-6-13(3)19(17,18)8-7-12(2)10(16)14(4)9(8)15;/h7,11H,5-6H2,1-4H3;1H. The SMILES string of the molecule is CNCCN(C)S(=O)(=O)c1cn(C)c(=O)n(C)c1=O.Cl. The van der Waals surface area contributed by atoms with Gasteiger partial charge in [-0.1, -0.05) is 0 Å². The molecule has 0 radical (unpaired) electrons. The Bertz CT molecular complexity index is 679. The molecule has 0 atom stereocenters. The number of likely N-dealkylation sites (N-methyl/N-ethyl adjacent to an activating group) is 2. The number of aromatic nitrogens is 2. The summed E-state index contributed by atoms with van der Waals surface area (Å²) in [7, 11) is 1.83. The molecule has 0 spiro atoms. The van der Waals surface area contributed by atoms with Crippen LogP contribution in [-0.2, 0) is 24.1 Å². The number of nitrogens with one attached hydrogen (secondary N) is 1. The molecule has 0 bridgehead atoms. The van der Waals surface area contributed by atoms with E-state index in [0.717, 1.165) is 19.6 Å². The molecule has 0 aliphatic heterocycles. The predicted octanol–water partition coefficient (Wildman–Crippen LogP) is -1.65. The van der Waals surface area contributed by atoms with Gasteiger partial charge in [0.2, 0.25) is 10.0 Å². The van der Waals surface area contributed by atoms with Crippen molar-refractivity contribution in [2.45, 2.75) is 4.90 Å². The molecule has 1 rings (SSSR count). The first-order chi connectivity index (χ1) is 8.73. The molecule has 0 saturated heterocycles. The van der Waals surface area contributed by atoms with Crippen LogP contribution in [0.5, 0.6) is 0 Å². The Morgan fingerprint density at radius 2 is 1.85 bits per heavy atom. The van der Waals surface area contributed by atoms with Gasteiger partial charge in [-0.25, -0.2) is 13.2 Å². The van der Waals surface area contributed by atoms with Gasteiger partial charge in [0.25, 0.3) is 5.56 Å². The highest BCUT2D eigenvalue weighted by Crippen LogP contribution is 2.07. The van der Waals surface area contributed by atoms with Gasteiger partial charge in [-0.3, -0.25) is 9.36 Å². The van der Waals surface area contributed by atoms with Crippen molar-refractivity contribution in [1.82, 2.24) is 18.8 Å². The second-order valence-corrected chi connectivity index (χ2v) is 6.19. The molecule has 0 amide bonds. The summed E-state index contributed by atoms with van der Waals surface area (Å²) in [6, 6.07) is 0. The van der Waals surface area contributed by atoms with Gasteiger partial charge in [0.1, 0.15) is 0 Å². The van der Waals surface area contributed by atoms with Crippen LogP contribution in [0.4, 0.5) is 0 Å². The minimum atomic E-state index is -3.90. The first kappa shape index (κ1) is 18.8. The lowest BCUT2D eigenvalue weighted by Gasteiger charge is -2.17. The van der Waals surface area contributed by atoms with Crippen LogP contribution in [0.2, 0.25) is 0 Å². The maximum atomic E-state index is 12.2. The smallest absolute Gasteiger partial charge is 0.318 e. The van der Waals surface area contributed by atoms with Crippen molar-refractivity contribution >= 4 is 22.4 Å². The second kappa shape index (κ2) is 7.02. The zero-order chi connectivity index (χ0) is 14.8. The maximum Gasteiger partial charge on any atom is 0.330 e. The maximum absolute atomic E-state index is 12.2. The number of aryl methyl sites for hydroxylation is 1. The quantitative estimate of drug-likeness (QED) is 0.699. The lowest BCUT2D eigenvalue weighted by atomic mass is 10.6. The van der Waals surface area contributed by atoms with E-state index < -0.39 is 26.2 Å². The molecule has 1 heterocycles. The van der Waals surface area contributed by atoms with E-state index in [-0.39, 0.29) is 19.0 Å². The fourth-order valence-corrected chi connectivity index (χ4v) is 2.83. The van der Waals surface area contributed by atoms with Crippen LogP contribution in [0.15, 0.2) is 20.7 Å². The molecular weight excluding hydrogens is 308 g/mol. The number of hydrogen-bond acceptors (Lipinski definition) is 5. The van der Waals surface area contributed by atoms with Crippen molar-refractivity contribution in [3.8, 4) is 0 Å². The summed E-state index contributed by atoms with van der Waals surface area (Å²) in [5, 5.41) is 2.82. The first-order valence-corrected chi connectivity index (χ1v) is 7.05. The van der Waals surface area contributed by atoms with Gasteiger partial charge in [0.05, 0.1) is 0 Å². The van der Waals surface area contributed by atoms with E-state index >= 15 is 0 Å². The Labute approximate surface area is 123 Å². The molecule has 1 aromatic heterocycles. The molecule has 8 nitrogen and oxygen atoms in total. The van der Waals surface area contributed by atoms with Crippen molar-refractivity contribution in [3.05, 3.63) is 27.0 Å². The third-order valence-electron chi connectivity index (χ3n) is 2.78. The summed E-state index contributed by atoms with van der Waals surface area (Å²) in [4.78, 5) is 23.0. The molecule has 1 aromatic rings. The van der Waals surface area contributed by atoms with Crippen molar-refractivity contribution in [3.63, 3.8) is 0 Å². The number of rotatable bonds is 5. The van der Waals surface area contributed by atoms with E-state index in [2.05, 4.69) is 5.32 Å². The summed E-state index contributed by atoms with van der Waals surface area (Å²) in [6.07, 6.45) is 1.05. The third kappa shape index (κ3) is 3.48. The first-order valence-electron chi connectivity index (χ1n) is 5.61. The monoisotopic (exact) mass is 326 g/mol. The van der Waals surface area contributed by atoms with Crippen molar-refractivity contribution in [1.29, 1.82) is 0 Å². The van der Waals surface area contributed by atoms with Crippen LogP contribution in [-0.4, -0.2) is 49.0 Å². The molecule has 0 aliphatic rings. The zero-order valence-electron chi connectivity index (χ0n) is 11.8. The van der Waals surface area contributed by atoms with Crippen molar-refractivity contribution < 1.29 is 8.42 Å². The Balaban J connectivity index is 0.00000361. The van der Waals surface area contributed by atoms with Gasteiger partial charge in [0.15, 0.2) is 4.90 Å². The number of halogens is 1. The molecule has 0 aromatic carbocycles. The summed E-state index contributed by atoms with van der Waals surface area (Å²) < 4.78 is 27.4. The lowest BCUT2D eigenvalue weighted by molar-refractivity contribution is 0.462. The Morgan fingerprint density at radius 3 is 2.35 bits per heavy atom. The molecule has 0 fully saturated rings. The zero-order valence-corrected chi connectivity index (χ0v) is 13.4. The van der Waals surface area contributed by atoms with E-state index in [9.17, 15) is 18.0 Å². The highest BCUT2D eigenvalue weighted by Gasteiger charge is 2.25. The van der Waals surface area contributed by atoms with Crippen molar-refractivity contribution in [2.24, 2.45) is 14.1 Å². The summed E-state index contributed by atoms with van der Waals surface area (Å²) in [5.74, 6) is 0. The second-order valence-electron chi connectivity index (χ2n) is 4.18. The number of nitrogens with zero attached hydrogens (tertiary/aromatic N) is 3. The van der Waals surface area contributed by atoms with E-state index in [1.54, 1.807) is 7.05 Å². The fourth-order valence-electron chi connectivity index (χ4n) is 1.51. The lowest BCUT2D eigenvalue weighted by Crippen LogP contribution is -2.42. The minimum Gasteiger partial charge on any atom is -0.318 e. The van der Waals surface area contributed by atoms with E-state index in [1.165, 1.54) is 21.1 Å². The number of hydrogen-bond donors (Lipinski definition) is 1. The Kier molecular flexibility index (Phi) is 6.62. The third-order valence-corrected chi connectivity index (χ3v) is 4.62. The Morgan fingerprint density at radius 1 is 1.30 bits per heavy atom. The fraction of sp³-hybridized carbons (Fsp3) is 0.600. The molecule has 0 aliphatic carbocycles. The minimum absolute atomic E-state index is 0. The van der Waals surface area contributed by atoms with Gasteiger partial charge in [-0.15, -0.1) is 12.4 Å².